The summed E-state index contributed by atoms with van der Waals surface area (Å²) >= 11 is 0. The number of hydrogen-bond acceptors (Lipinski definition) is 5. The topological polar surface area (TPSA) is 55.8 Å². The first-order valence-corrected chi connectivity index (χ1v) is 12.7. The Hall–Kier alpha value is -1.10. The first kappa shape index (κ1) is 26.9. The van der Waals surface area contributed by atoms with E-state index in [1.807, 2.05) is 6.92 Å². The SMILES string of the molecule is CCCCCCCCCCCOC(=O)CCCCCN1CCC(OC(=O)CCC)C1. The maximum Gasteiger partial charge on any atom is 0.306 e. The molecule has 1 unspecified atom stereocenters. The van der Waals surface area contributed by atoms with Crippen LogP contribution in [0.15, 0.2) is 0 Å². The summed E-state index contributed by atoms with van der Waals surface area (Å²) in [6.45, 7) is 7.72. The molecule has 1 aliphatic heterocycles. The zero-order chi connectivity index (χ0) is 21.9. The Balaban J connectivity index is 1.86. The van der Waals surface area contributed by atoms with E-state index in [0.717, 1.165) is 58.2 Å². The van der Waals surface area contributed by atoms with E-state index in [2.05, 4.69) is 11.8 Å². The highest BCUT2D eigenvalue weighted by Gasteiger charge is 2.24. The molecule has 1 rings (SSSR count). The van der Waals surface area contributed by atoms with Crippen molar-refractivity contribution >= 4 is 11.9 Å². The van der Waals surface area contributed by atoms with Crippen molar-refractivity contribution in [3.63, 3.8) is 0 Å². The van der Waals surface area contributed by atoms with Crippen LogP contribution in [0.3, 0.4) is 0 Å². The van der Waals surface area contributed by atoms with Gasteiger partial charge in [0.1, 0.15) is 6.10 Å². The van der Waals surface area contributed by atoms with Gasteiger partial charge in [-0.15, -0.1) is 0 Å². The summed E-state index contributed by atoms with van der Waals surface area (Å²) in [5.74, 6) is -0.107. The lowest BCUT2D eigenvalue weighted by molar-refractivity contribution is -0.148. The van der Waals surface area contributed by atoms with Crippen LogP contribution in [-0.4, -0.2) is 49.2 Å². The van der Waals surface area contributed by atoms with Crippen LogP contribution < -0.4 is 0 Å². The normalized spacial score (nSPS) is 16.7. The molecule has 1 fully saturated rings. The van der Waals surface area contributed by atoms with Crippen molar-refractivity contribution in [2.24, 2.45) is 0 Å². The van der Waals surface area contributed by atoms with Crippen LogP contribution in [0.5, 0.6) is 0 Å². The Kier molecular flexibility index (Phi) is 16.7. The number of carbonyl (C=O) groups excluding carboxylic acids is 2. The third kappa shape index (κ3) is 14.8. The molecule has 0 aromatic rings. The quantitative estimate of drug-likeness (QED) is 0.187. The molecule has 30 heavy (non-hydrogen) atoms. The molecule has 0 amide bonds. The number of unbranched alkanes of at least 4 members (excludes halogenated alkanes) is 10. The smallest absolute Gasteiger partial charge is 0.306 e. The van der Waals surface area contributed by atoms with Crippen molar-refractivity contribution in [1.29, 1.82) is 0 Å². The lowest BCUT2D eigenvalue weighted by Gasteiger charge is -2.16. The molecule has 5 heteroatoms. The van der Waals surface area contributed by atoms with E-state index < -0.39 is 0 Å². The van der Waals surface area contributed by atoms with Crippen molar-refractivity contribution < 1.29 is 19.1 Å². The fourth-order valence-corrected chi connectivity index (χ4v) is 4.00. The van der Waals surface area contributed by atoms with E-state index in [1.165, 1.54) is 51.4 Å². The van der Waals surface area contributed by atoms with Gasteiger partial charge in [0.25, 0.3) is 0 Å². The Morgan fingerprint density at radius 3 is 2.13 bits per heavy atom. The number of carbonyl (C=O) groups is 2. The van der Waals surface area contributed by atoms with Crippen molar-refractivity contribution in [2.75, 3.05) is 26.2 Å². The van der Waals surface area contributed by atoms with E-state index in [1.54, 1.807) is 0 Å². The predicted molar refractivity (Wildman–Crippen MR) is 122 cm³/mol. The highest BCUT2D eigenvalue weighted by atomic mass is 16.5. The van der Waals surface area contributed by atoms with Gasteiger partial charge >= 0.3 is 11.9 Å². The summed E-state index contributed by atoms with van der Waals surface area (Å²) in [7, 11) is 0. The molecule has 0 saturated carbocycles. The summed E-state index contributed by atoms with van der Waals surface area (Å²) in [5.41, 5.74) is 0. The van der Waals surface area contributed by atoms with Crippen LogP contribution in [0.2, 0.25) is 0 Å². The van der Waals surface area contributed by atoms with Crippen LogP contribution in [0.1, 0.15) is 117 Å². The first-order valence-electron chi connectivity index (χ1n) is 12.7. The number of likely N-dealkylation sites (tertiary alicyclic amines) is 1. The van der Waals surface area contributed by atoms with E-state index in [4.69, 9.17) is 9.47 Å². The van der Waals surface area contributed by atoms with Crippen LogP contribution >= 0.6 is 0 Å². The average Bonchev–Trinajstić information content (AvgIpc) is 3.16. The fourth-order valence-electron chi connectivity index (χ4n) is 4.00. The highest BCUT2D eigenvalue weighted by Crippen LogP contribution is 2.15. The van der Waals surface area contributed by atoms with Gasteiger partial charge in [-0.25, -0.2) is 0 Å². The van der Waals surface area contributed by atoms with E-state index in [-0.39, 0.29) is 18.0 Å². The maximum atomic E-state index is 11.8. The molecule has 0 bridgehead atoms. The third-order valence-electron chi connectivity index (χ3n) is 5.85. The zero-order valence-electron chi connectivity index (χ0n) is 19.8. The van der Waals surface area contributed by atoms with Crippen LogP contribution in [0.4, 0.5) is 0 Å². The van der Waals surface area contributed by atoms with Crippen molar-refractivity contribution in [3.8, 4) is 0 Å². The maximum absolute atomic E-state index is 11.8. The molecule has 0 spiro atoms. The van der Waals surface area contributed by atoms with Gasteiger partial charge in [-0.05, 0) is 38.6 Å². The Labute approximate surface area is 185 Å². The Morgan fingerprint density at radius 2 is 1.43 bits per heavy atom. The molecule has 0 radical (unpaired) electrons. The average molecular weight is 426 g/mol. The van der Waals surface area contributed by atoms with Crippen molar-refractivity contribution in [1.82, 2.24) is 4.90 Å². The van der Waals surface area contributed by atoms with Gasteiger partial charge in [0.2, 0.25) is 0 Å². The second-order valence-electron chi connectivity index (χ2n) is 8.81. The van der Waals surface area contributed by atoms with Gasteiger partial charge < -0.3 is 9.47 Å². The van der Waals surface area contributed by atoms with E-state index in [0.29, 0.717) is 19.4 Å². The summed E-state index contributed by atoms with van der Waals surface area (Å²) in [4.78, 5) is 25.8. The predicted octanol–water partition coefficient (Wildman–Crippen LogP) is 6.04. The van der Waals surface area contributed by atoms with Crippen LogP contribution in [0.25, 0.3) is 0 Å². The Bertz CT molecular complexity index is 441. The highest BCUT2D eigenvalue weighted by molar-refractivity contribution is 5.69. The third-order valence-corrected chi connectivity index (χ3v) is 5.85. The molecule has 5 nitrogen and oxygen atoms in total. The summed E-state index contributed by atoms with van der Waals surface area (Å²) < 4.78 is 10.8. The van der Waals surface area contributed by atoms with E-state index >= 15 is 0 Å². The van der Waals surface area contributed by atoms with Crippen molar-refractivity contribution in [2.45, 2.75) is 123 Å². The lowest BCUT2D eigenvalue weighted by Crippen LogP contribution is -2.25. The second-order valence-corrected chi connectivity index (χ2v) is 8.81. The summed E-state index contributed by atoms with van der Waals surface area (Å²) in [5, 5.41) is 0. The second kappa shape index (κ2) is 18.7. The van der Waals surface area contributed by atoms with Gasteiger partial charge in [-0.2, -0.15) is 0 Å². The number of hydrogen-bond donors (Lipinski definition) is 0. The number of nitrogens with zero attached hydrogens (tertiary/aromatic N) is 1. The van der Waals surface area contributed by atoms with Gasteiger partial charge in [0, 0.05) is 25.9 Å². The number of rotatable bonds is 19. The minimum atomic E-state index is -0.0646. The number of ether oxygens (including phenoxy) is 2. The molecular weight excluding hydrogens is 378 g/mol. The molecule has 1 atom stereocenters. The van der Waals surface area contributed by atoms with Crippen molar-refractivity contribution in [3.05, 3.63) is 0 Å². The van der Waals surface area contributed by atoms with Gasteiger partial charge in [0.15, 0.2) is 0 Å². The van der Waals surface area contributed by atoms with Crippen LogP contribution in [0, 0.1) is 0 Å². The molecule has 176 valence electrons. The summed E-state index contributed by atoms with van der Waals surface area (Å²) in [6.07, 6.45) is 17.5. The monoisotopic (exact) mass is 425 g/mol. The fraction of sp³-hybridized carbons (Fsp3) is 0.920. The molecular formula is C25H47NO4. The molecule has 1 saturated heterocycles. The minimum absolute atomic E-state index is 0.0429. The zero-order valence-corrected chi connectivity index (χ0v) is 19.8. The molecule has 0 N–H and O–H groups in total. The van der Waals surface area contributed by atoms with Crippen LogP contribution in [-0.2, 0) is 19.1 Å². The van der Waals surface area contributed by atoms with E-state index in [9.17, 15) is 9.59 Å². The molecule has 1 heterocycles. The Morgan fingerprint density at radius 1 is 0.767 bits per heavy atom. The summed E-state index contributed by atoms with van der Waals surface area (Å²) in [6, 6.07) is 0. The molecule has 1 aliphatic rings. The number of esters is 2. The largest absolute Gasteiger partial charge is 0.466 e. The molecule has 0 aromatic heterocycles. The van der Waals surface area contributed by atoms with Gasteiger partial charge in [0.05, 0.1) is 6.61 Å². The first-order chi connectivity index (χ1) is 14.7. The standard InChI is InChI=1S/C25H47NO4/c1-3-5-6-7-8-9-10-11-15-21-29-24(27)17-13-12-14-19-26-20-18-23(22-26)30-25(28)16-4-2/h23H,3-22H2,1-2H3. The van der Waals surface area contributed by atoms with Gasteiger partial charge in [-0.3, -0.25) is 14.5 Å². The van der Waals surface area contributed by atoms with Gasteiger partial charge in [-0.1, -0.05) is 71.6 Å². The molecule has 0 aliphatic carbocycles. The molecule has 0 aromatic carbocycles. The minimum Gasteiger partial charge on any atom is -0.466 e. The lowest BCUT2D eigenvalue weighted by atomic mass is 10.1.